The molecule has 0 saturated carbocycles. The number of para-hydroxylation sites is 1. The zero-order valence-electron chi connectivity index (χ0n) is 14.5. The molecule has 6 nitrogen and oxygen atoms in total. The van der Waals surface area contributed by atoms with E-state index in [0.717, 1.165) is 4.47 Å². The Hall–Kier alpha value is -2.80. The van der Waals surface area contributed by atoms with Gasteiger partial charge in [0.15, 0.2) is 5.78 Å². The van der Waals surface area contributed by atoms with Gasteiger partial charge in [0.1, 0.15) is 0 Å². The van der Waals surface area contributed by atoms with E-state index < -0.39 is 23.7 Å². The lowest BCUT2D eigenvalue weighted by Gasteiger charge is -2.19. The van der Waals surface area contributed by atoms with Crippen molar-refractivity contribution < 1.29 is 19.5 Å². The maximum atomic E-state index is 12.9. The highest BCUT2D eigenvalue weighted by molar-refractivity contribution is 9.10. The molecule has 1 aliphatic heterocycles. The van der Waals surface area contributed by atoms with E-state index in [1.807, 2.05) is 6.07 Å². The number of aliphatic carboxylic acids is 1. The lowest BCUT2D eigenvalue weighted by molar-refractivity contribution is -0.144. The second kappa shape index (κ2) is 7.84. The Morgan fingerprint density at radius 1 is 1.15 bits per heavy atom. The summed E-state index contributed by atoms with van der Waals surface area (Å²) in [6.45, 7) is 1.62. The van der Waals surface area contributed by atoms with E-state index in [1.165, 1.54) is 5.01 Å². The summed E-state index contributed by atoms with van der Waals surface area (Å²) in [5.41, 5.74) is 1.36. The maximum Gasteiger partial charge on any atom is 0.308 e. The molecule has 1 N–H and O–H groups in total. The molecule has 0 saturated heterocycles. The Bertz CT molecular complexity index is 909. The molecule has 0 bridgehead atoms. The van der Waals surface area contributed by atoms with Gasteiger partial charge in [0.05, 0.1) is 17.5 Å². The van der Waals surface area contributed by atoms with Crippen LogP contribution >= 0.6 is 15.9 Å². The van der Waals surface area contributed by atoms with Crippen LogP contribution < -0.4 is 5.01 Å². The molecule has 0 fully saturated rings. The molecule has 0 aliphatic carbocycles. The number of hydrazone groups is 1. The van der Waals surface area contributed by atoms with Crippen LogP contribution in [-0.2, 0) is 9.59 Å². The molecule has 1 aliphatic rings. The highest BCUT2D eigenvalue weighted by Gasteiger charge is 2.44. The molecule has 0 aromatic heterocycles. The largest absolute Gasteiger partial charge is 0.481 e. The third-order valence-electron chi connectivity index (χ3n) is 4.47. The first-order chi connectivity index (χ1) is 12.9. The minimum absolute atomic E-state index is 0.275. The normalized spacial score (nSPS) is 17.6. The molecule has 1 amide bonds. The highest BCUT2D eigenvalue weighted by atomic mass is 79.9. The Morgan fingerprint density at radius 3 is 2.37 bits per heavy atom. The summed E-state index contributed by atoms with van der Waals surface area (Å²) in [6, 6.07) is 15.5. The fourth-order valence-corrected chi connectivity index (χ4v) is 3.36. The van der Waals surface area contributed by atoms with Crippen molar-refractivity contribution in [1.82, 2.24) is 0 Å². The van der Waals surface area contributed by atoms with E-state index in [9.17, 15) is 19.5 Å². The summed E-state index contributed by atoms with van der Waals surface area (Å²) >= 11 is 3.30. The Morgan fingerprint density at radius 2 is 1.78 bits per heavy atom. The molecular weight excluding hydrogens is 412 g/mol. The van der Waals surface area contributed by atoms with Crippen molar-refractivity contribution in [2.45, 2.75) is 13.3 Å². The van der Waals surface area contributed by atoms with Gasteiger partial charge >= 0.3 is 5.97 Å². The topological polar surface area (TPSA) is 87.0 Å². The van der Waals surface area contributed by atoms with E-state index in [2.05, 4.69) is 21.0 Å². The lowest BCUT2D eigenvalue weighted by atomic mass is 9.83. The van der Waals surface area contributed by atoms with Crippen molar-refractivity contribution >= 4 is 45.0 Å². The summed E-state index contributed by atoms with van der Waals surface area (Å²) in [5.74, 6) is -4.10. The Labute approximate surface area is 164 Å². The number of rotatable bonds is 6. The molecule has 3 rings (SSSR count). The molecule has 27 heavy (non-hydrogen) atoms. The molecule has 2 atom stereocenters. The van der Waals surface area contributed by atoms with Crippen LogP contribution in [0.2, 0.25) is 0 Å². The fourth-order valence-electron chi connectivity index (χ4n) is 3.10. The summed E-state index contributed by atoms with van der Waals surface area (Å²) in [5, 5.41) is 15.1. The average molecular weight is 429 g/mol. The van der Waals surface area contributed by atoms with Gasteiger partial charge in [0, 0.05) is 22.2 Å². The summed E-state index contributed by atoms with van der Waals surface area (Å²) in [6.07, 6.45) is -0.275. The Kier molecular flexibility index (Phi) is 5.51. The molecule has 138 valence electrons. The third kappa shape index (κ3) is 3.98. The van der Waals surface area contributed by atoms with Gasteiger partial charge in [-0.3, -0.25) is 14.4 Å². The van der Waals surface area contributed by atoms with Crippen LogP contribution in [-0.4, -0.2) is 28.5 Å². The van der Waals surface area contributed by atoms with Crippen molar-refractivity contribution in [1.29, 1.82) is 0 Å². The van der Waals surface area contributed by atoms with Gasteiger partial charge < -0.3 is 5.11 Å². The van der Waals surface area contributed by atoms with Gasteiger partial charge in [-0.25, -0.2) is 5.01 Å². The number of carbonyl (C=O) groups excluding carboxylic acids is 2. The standard InChI is InChI=1S/C20H17BrN2O4/c1-12-18(19(25)23(22-12)15-5-3-2-4-6-15)16(20(26)27)11-17(24)13-7-9-14(21)10-8-13/h2-10,16,18H,11H2,1H3,(H,26,27). The first kappa shape index (κ1) is 19.0. The number of amides is 1. The number of nitrogens with zero attached hydrogens (tertiary/aromatic N) is 2. The first-order valence-electron chi connectivity index (χ1n) is 8.34. The van der Waals surface area contributed by atoms with E-state index in [4.69, 9.17) is 0 Å². The van der Waals surface area contributed by atoms with Gasteiger partial charge in [-0.2, -0.15) is 5.10 Å². The zero-order chi connectivity index (χ0) is 19.6. The number of carboxylic acids is 1. The van der Waals surface area contributed by atoms with E-state index >= 15 is 0 Å². The van der Waals surface area contributed by atoms with E-state index in [1.54, 1.807) is 55.5 Å². The number of halogens is 1. The number of carbonyl (C=O) groups is 3. The van der Waals surface area contributed by atoms with Crippen LogP contribution in [0.25, 0.3) is 0 Å². The molecule has 0 spiro atoms. The molecule has 0 radical (unpaired) electrons. The minimum atomic E-state index is -1.19. The number of hydrogen-bond donors (Lipinski definition) is 1. The average Bonchev–Trinajstić information content (AvgIpc) is 2.95. The van der Waals surface area contributed by atoms with Gasteiger partial charge in [-0.15, -0.1) is 0 Å². The van der Waals surface area contributed by atoms with Crippen LogP contribution in [0.15, 0.2) is 64.2 Å². The van der Waals surface area contributed by atoms with Gasteiger partial charge in [0.2, 0.25) is 0 Å². The van der Waals surface area contributed by atoms with Gasteiger partial charge in [-0.1, -0.05) is 46.3 Å². The molecule has 2 unspecified atom stereocenters. The third-order valence-corrected chi connectivity index (χ3v) is 5.00. The zero-order valence-corrected chi connectivity index (χ0v) is 16.1. The van der Waals surface area contributed by atoms with Crippen LogP contribution in [0, 0.1) is 11.8 Å². The smallest absolute Gasteiger partial charge is 0.308 e. The highest BCUT2D eigenvalue weighted by Crippen LogP contribution is 2.31. The molecular formula is C20H17BrN2O4. The lowest BCUT2D eigenvalue weighted by Crippen LogP contribution is -2.37. The number of anilines is 1. The number of Topliss-reactive ketones (excluding diaryl/α,β-unsaturated/α-hetero) is 1. The predicted molar refractivity (Wildman–Crippen MR) is 105 cm³/mol. The van der Waals surface area contributed by atoms with Crippen LogP contribution in [0.3, 0.4) is 0 Å². The van der Waals surface area contributed by atoms with Crippen molar-refractivity contribution in [3.05, 3.63) is 64.6 Å². The van der Waals surface area contributed by atoms with Crippen LogP contribution in [0.5, 0.6) is 0 Å². The quantitative estimate of drug-likeness (QED) is 0.709. The number of benzene rings is 2. The van der Waals surface area contributed by atoms with Crippen molar-refractivity contribution in [2.24, 2.45) is 16.9 Å². The summed E-state index contributed by atoms with van der Waals surface area (Å²) in [4.78, 5) is 37.3. The van der Waals surface area contributed by atoms with Crippen LogP contribution in [0.1, 0.15) is 23.7 Å². The second-order valence-corrected chi connectivity index (χ2v) is 7.20. The van der Waals surface area contributed by atoms with Crippen molar-refractivity contribution in [2.75, 3.05) is 5.01 Å². The van der Waals surface area contributed by atoms with E-state index in [-0.39, 0.29) is 12.2 Å². The summed E-state index contributed by atoms with van der Waals surface area (Å²) < 4.78 is 0.821. The van der Waals surface area contributed by atoms with Gasteiger partial charge in [-0.05, 0) is 31.2 Å². The second-order valence-electron chi connectivity index (χ2n) is 6.28. The molecule has 7 heteroatoms. The first-order valence-corrected chi connectivity index (χ1v) is 9.13. The maximum absolute atomic E-state index is 12.9. The Balaban J connectivity index is 1.84. The van der Waals surface area contributed by atoms with Crippen molar-refractivity contribution in [3.63, 3.8) is 0 Å². The monoisotopic (exact) mass is 428 g/mol. The number of ketones is 1. The number of carboxylic acid groups (broad SMARTS) is 1. The SMILES string of the molecule is CC1=NN(c2ccccc2)C(=O)C1C(CC(=O)c1ccc(Br)cc1)C(=O)O. The number of hydrogen-bond acceptors (Lipinski definition) is 4. The van der Waals surface area contributed by atoms with Gasteiger partial charge in [0.25, 0.3) is 5.91 Å². The van der Waals surface area contributed by atoms with Crippen molar-refractivity contribution in [3.8, 4) is 0 Å². The fraction of sp³-hybridized carbons (Fsp3) is 0.200. The predicted octanol–water partition coefficient (Wildman–Crippen LogP) is 3.76. The molecule has 2 aromatic rings. The summed E-state index contributed by atoms with van der Waals surface area (Å²) in [7, 11) is 0. The van der Waals surface area contributed by atoms with E-state index in [0.29, 0.717) is 17.0 Å². The van der Waals surface area contributed by atoms with Crippen LogP contribution in [0.4, 0.5) is 5.69 Å². The minimum Gasteiger partial charge on any atom is -0.481 e. The molecule has 1 heterocycles. The molecule has 2 aromatic carbocycles.